The van der Waals surface area contributed by atoms with Crippen molar-refractivity contribution in [3.8, 4) is 0 Å². The lowest BCUT2D eigenvalue weighted by molar-refractivity contribution is 0.0330. The lowest BCUT2D eigenvalue weighted by Gasteiger charge is -2.48. The molecule has 1 aromatic heterocycles. The van der Waals surface area contributed by atoms with Gasteiger partial charge in [0.25, 0.3) is 5.91 Å². The van der Waals surface area contributed by atoms with Crippen LogP contribution in [0.1, 0.15) is 29.1 Å². The number of carbonyl (C=O) groups is 1. The molecule has 5 nitrogen and oxygen atoms in total. The topological polar surface area (TPSA) is 58.4 Å². The number of amides is 1. The Morgan fingerprint density at radius 1 is 1.69 bits per heavy atom. The second kappa shape index (κ2) is 3.59. The van der Waals surface area contributed by atoms with E-state index in [4.69, 9.17) is 4.52 Å². The molecule has 1 amide bonds. The van der Waals surface area contributed by atoms with Gasteiger partial charge in [-0.3, -0.25) is 4.79 Å². The number of piperidine rings is 1. The number of rotatable bonds is 1. The van der Waals surface area contributed by atoms with Crippen molar-refractivity contribution >= 4 is 5.91 Å². The number of hydrogen-bond donors (Lipinski definition) is 1. The minimum atomic E-state index is -0.0169. The fourth-order valence-electron chi connectivity index (χ4n) is 2.52. The van der Waals surface area contributed by atoms with Gasteiger partial charge in [0.1, 0.15) is 0 Å². The molecule has 0 aromatic carbocycles. The zero-order valence-electron chi connectivity index (χ0n) is 9.27. The first-order valence-electron chi connectivity index (χ1n) is 5.73. The molecule has 3 rings (SSSR count). The Balaban J connectivity index is 1.79. The van der Waals surface area contributed by atoms with E-state index in [1.54, 1.807) is 6.07 Å². The number of nitrogens with zero attached hydrogens (tertiary/aromatic N) is 2. The number of likely N-dealkylation sites (tertiary alicyclic amines) is 1. The molecule has 1 N–H and O–H groups in total. The maximum absolute atomic E-state index is 12.2. The van der Waals surface area contributed by atoms with Crippen molar-refractivity contribution in [3.63, 3.8) is 0 Å². The fourth-order valence-corrected chi connectivity index (χ4v) is 2.52. The summed E-state index contributed by atoms with van der Waals surface area (Å²) in [5.74, 6) is 0.349. The number of nitrogens with one attached hydrogen (secondary N) is 1. The molecule has 2 atom stereocenters. The van der Waals surface area contributed by atoms with Crippen molar-refractivity contribution in [2.24, 2.45) is 0 Å². The molecule has 5 heteroatoms. The standard InChI is InChI=1S/C11H15N3O2/c1-7-5-10(16-13-7)11(15)14-4-2-3-8-9(14)6-12-8/h5,8-9,12H,2-4,6H2,1H3. The Morgan fingerprint density at radius 2 is 2.56 bits per heavy atom. The summed E-state index contributed by atoms with van der Waals surface area (Å²) in [6.07, 6.45) is 2.23. The van der Waals surface area contributed by atoms with Gasteiger partial charge in [-0.25, -0.2) is 0 Å². The molecule has 16 heavy (non-hydrogen) atoms. The molecular formula is C11H15N3O2. The lowest BCUT2D eigenvalue weighted by atomic mass is 9.89. The van der Waals surface area contributed by atoms with E-state index < -0.39 is 0 Å². The molecule has 2 saturated heterocycles. The van der Waals surface area contributed by atoms with Gasteiger partial charge in [0.15, 0.2) is 0 Å². The second-order valence-electron chi connectivity index (χ2n) is 4.56. The van der Waals surface area contributed by atoms with E-state index in [0.717, 1.165) is 25.2 Å². The number of carbonyl (C=O) groups excluding carboxylic acids is 1. The molecule has 1 aromatic rings. The summed E-state index contributed by atoms with van der Waals surface area (Å²) in [5, 5.41) is 7.11. The van der Waals surface area contributed by atoms with Gasteiger partial charge in [0.2, 0.25) is 5.76 Å². The fraction of sp³-hybridized carbons (Fsp3) is 0.636. The minimum absolute atomic E-state index is 0.0169. The smallest absolute Gasteiger partial charge is 0.292 e. The maximum atomic E-state index is 12.2. The van der Waals surface area contributed by atoms with Gasteiger partial charge >= 0.3 is 0 Å². The van der Waals surface area contributed by atoms with Crippen LogP contribution in [0.15, 0.2) is 10.6 Å². The van der Waals surface area contributed by atoms with Crippen LogP contribution in [0.5, 0.6) is 0 Å². The number of aromatic nitrogens is 1. The monoisotopic (exact) mass is 221 g/mol. The molecule has 0 spiro atoms. The first-order chi connectivity index (χ1) is 7.75. The predicted octanol–water partition coefficient (Wildman–Crippen LogP) is 0.559. The summed E-state index contributed by atoms with van der Waals surface area (Å²) in [7, 11) is 0. The number of hydrogen-bond acceptors (Lipinski definition) is 4. The molecule has 0 bridgehead atoms. The van der Waals surface area contributed by atoms with E-state index in [9.17, 15) is 4.79 Å². The summed E-state index contributed by atoms with van der Waals surface area (Å²) < 4.78 is 5.03. The van der Waals surface area contributed by atoms with Gasteiger partial charge in [0.05, 0.1) is 11.7 Å². The normalized spacial score (nSPS) is 28.4. The minimum Gasteiger partial charge on any atom is -0.351 e. The molecular weight excluding hydrogens is 206 g/mol. The van der Waals surface area contributed by atoms with Crippen LogP contribution in [-0.4, -0.2) is 41.1 Å². The van der Waals surface area contributed by atoms with Crippen molar-refractivity contribution in [3.05, 3.63) is 17.5 Å². The van der Waals surface area contributed by atoms with E-state index in [1.165, 1.54) is 6.42 Å². The average Bonchev–Trinajstić information content (AvgIpc) is 2.65. The van der Waals surface area contributed by atoms with Crippen LogP contribution in [0, 0.1) is 6.92 Å². The zero-order valence-corrected chi connectivity index (χ0v) is 9.27. The Bertz CT molecular complexity index is 415. The average molecular weight is 221 g/mol. The molecule has 2 aliphatic heterocycles. The van der Waals surface area contributed by atoms with Crippen LogP contribution in [0.2, 0.25) is 0 Å². The van der Waals surface area contributed by atoms with E-state index in [2.05, 4.69) is 10.5 Å². The van der Waals surface area contributed by atoms with Gasteiger partial charge in [-0.15, -0.1) is 0 Å². The van der Waals surface area contributed by atoms with Crippen molar-refractivity contribution in [1.29, 1.82) is 0 Å². The Labute approximate surface area is 93.8 Å². The molecule has 2 unspecified atom stereocenters. The first kappa shape index (κ1) is 9.84. The van der Waals surface area contributed by atoms with E-state index >= 15 is 0 Å². The predicted molar refractivity (Wildman–Crippen MR) is 57.1 cm³/mol. The summed E-state index contributed by atoms with van der Waals surface area (Å²) >= 11 is 0. The van der Waals surface area contributed by atoms with Gasteiger partial charge in [-0.05, 0) is 19.8 Å². The van der Waals surface area contributed by atoms with Crippen molar-refractivity contribution in [2.75, 3.05) is 13.1 Å². The van der Waals surface area contributed by atoms with Gasteiger partial charge in [-0.1, -0.05) is 5.16 Å². The number of aryl methyl sites for hydroxylation is 1. The molecule has 2 aliphatic rings. The summed E-state index contributed by atoms with van der Waals surface area (Å²) in [4.78, 5) is 14.1. The van der Waals surface area contributed by atoms with Crippen LogP contribution < -0.4 is 5.32 Å². The second-order valence-corrected chi connectivity index (χ2v) is 4.56. The Hall–Kier alpha value is -1.36. The molecule has 0 aliphatic carbocycles. The third-order valence-electron chi connectivity index (χ3n) is 3.47. The van der Waals surface area contributed by atoms with Gasteiger partial charge in [0, 0.05) is 25.2 Å². The number of fused-ring (bicyclic) bond motifs is 1. The highest BCUT2D eigenvalue weighted by Gasteiger charge is 2.41. The van der Waals surface area contributed by atoms with Crippen molar-refractivity contribution in [2.45, 2.75) is 31.8 Å². The van der Waals surface area contributed by atoms with Crippen LogP contribution >= 0.6 is 0 Å². The molecule has 86 valence electrons. The highest BCUT2D eigenvalue weighted by molar-refractivity contribution is 5.92. The quantitative estimate of drug-likeness (QED) is 0.752. The lowest BCUT2D eigenvalue weighted by Crippen LogP contribution is -2.68. The van der Waals surface area contributed by atoms with E-state index in [-0.39, 0.29) is 5.91 Å². The molecule has 3 heterocycles. The van der Waals surface area contributed by atoms with Gasteiger partial charge in [-0.2, -0.15) is 0 Å². The van der Waals surface area contributed by atoms with Crippen LogP contribution in [0.25, 0.3) is 0 Å². The zero-order chi connectivity index (χ0) is 11.1. The Morgan fingerprint density at radius 3 is 3.19 bits per heavy atom. The van der Waals surface area contributed by atoms with E-state index in [0.29, 0.717) is 17.8 Å². The maximum Gasteiger partial charge on any atom is 0.292 e. The van der Waals surface area contributed by atoms with Crippen LogP contribution in [0.4, 0.5) is 0 Å². The summed E-state index contributed by atoms with van der Waals surface area (Å²) in [5.41, 5.74) is 0.753. The molecule has 2 fully saturated rings. The third-order valence-corrected chi connectivity index (χ3v) is 3.47. The SMILES string of the molecule is Cc1cc(C(=O)N2CCCC3NCC32)on1. The largest absolute Gasteiger partial charge is 0.351 e. The summed E-state index contributed by atoms with van der Waals surface area (Å²) in [6.45, 7) is 3.56. The highest BCUT2D eigenvalue weighted by Crippen LogP contribution is 2.25. The Kier molecular flexibility index (Phi) is 2.21. The van der Waals surface area contributed by atoms with Gasteiger partial charge < -0.3 is 14.7 Å². The van der Waals surface area contributed by atoms with Crippen LogP contribution in [-0.2, 0) is 0 Å². The van der Waals surface area contributed by atoms with E-state index in [1.807, 2.05) is 11.8 Å². The summed E-state index contributed by atoms with van der Waals surface area (Å²) in [6, 6.07) is 2.55. The first-order valence-corrected chi connectivity index (χ1v) is 5.73. The van der Waals surface area contributed by atoms with Crippen LogP contribution in [0.3, 0.4) is 0 Å². The third kappa shape index (κ3) is 1.43. The highest BCUT2D eigenvalue weighted by atomic mass is 16.5. The molecule has 0 saturated carbocycles. The van der Waals surface area contributed by atoms with Crippen molar-refractivity contribution < 1.29 is 9.32 Å². The van der Waals surface area contributed by atoms with Crippen molar-refractivity contribution in [1.82, 2.24) is 15.4 Å². The molecule has 0 radical (unpaired) electrons.